The number of hydrogen-bond donors (Lipinski definition) is 1. The van der Waals surface area contributed by atoms with Crippen molar-refractivity contribution in [3.05, 3.63) is 35.6 Å². The molecule has 1 saturated heterocycles. The lowest BCUT2D eigenvalue weighted by molar-refractivity contribution is 0.0430. The van der Waals surface area contributed by atoms with Crippen LogP contribution in [0.5, 0.6) is 0 Å². The summed E-state index contributed by atoms with van der Waals surface area (Å²) in [7, 11) is 0. The average Bonchev–Trinajstić information content (AvgIpc) is 2.66. The number of hydrogen-bond acceptors (Lipinski definition) is 3. The number of rotatable bonds is 4. The molecule has 20 heavy (non-hydrogen) atoms. The Hall–Kier alpha value is -0.970. The van der Waals surface area contributed by atoms with E-state index in [4.69, 9.17) is 10.5 Å². The van der Waals surface area contributed by atoms with Gasteiger partial charge in [-0.25, -0.2) is 4.39 Å². The van der Waals surface area contributed by atoms with Crippen molar-refractivity contribution in [1.29, 1.82) is 0 Å². The Kier molecular flexibility index (Phi) is 5.13. The predicted molar refractivity (Wildman–Crippen MR) is 79.2 cm³/mol. The molecule has 1 aromatic rings. The minimum atomic E-state index is -0.194. The van der Waals surface area contributed by atoms with Crippen LogP contribution in [0.4, 0.5) is 4.39 Å². The molecule has 2 rings (SSSR count). The second-order valence-electron chi connectivity index (χ2n) is 5.99. The number of nitrogens with zero attached hydrogens (tertiary/aromatic N) is 1. The average molecular weight is 280 g/mol. The van der Waals surface area contributed by atoms with Gasteiger partial charge in [0.1, 0.15) is 5.82 Å². The molecule has 4 heteroatoms. The highest BCUT2D eigenvalue weighted by Crippen LogP contribution is 2.23. The van der Waals surface area contributed by atoms with Gasteiger partial charge < -0.3 is 10.5 Å². The standard InChI is InChI=1S/C16H25FN2O/c1-13-11-19(8-3-9-20-13)16(2,12-18)10-14-4-6-15(17)7-5-14/h4-7,13H,3,8-12,18H2,1-2H3. The van der Waals surface area contributed by atoms with Crippen LogP contribution in [-0.4, -0.2) is 42.8 Å². The van der Waals surface area contributed by atoms with E-state index in [2.05, 4.69) is 18.7 Å². The fraction of sp³-hybridized carbons (Fsp3) is 0.625. The second-order valence-corrected chi connectivity index (χ2v) is 5.99. The topological polar surface area (TPSA) is 38.5 Å². The summed E-state index contributed by atoms with van der Waals surface area (Å²) in [6.45, 7) is 7.58. The third-order valence-electron chi connectivity index (χ3n) is 4.15. The van der Waals surface area contributed by atoms with Crippen molar-refractivity contribution in [2.24, 2.45) is 5.73 Å². The smallest absolute Gasteiger partial charge is 0.123 e. The largest absolute Gasteiger partial charge is 0.377 e. The van der Waals surface area contributed by atoms with Crippen molar-refractivity contribution in [2.75, 3.05) is 26.2 Å². The van der Waals surface area contributed by atoms with Gasteiger partial charge in [-0.3, -0.25) is 4.90 Å². The van der Waals surface area contributed by atoms with E-state index in [1.807, 2.05) is 12.1 Å². The van der Waals surface area contributed by atoms with Crippen LogP contribution in [0.2, 0.25) is 0 Å². The molecule has 2 unspecified atom stereocenters. The molecule has 2 atom stereocenters. The summed E-state index contributed by atoms with van der Waals surface area (Å²) < 4.78 is 18.7. The molecule has 2 N–H and O–H groups in total. The molecule has 0 amide bonds. The van der Waals surface area contributed by atoms with Crippen molar-refractivity contribution in [3.63, 3.8) is 0 Å². The molecule has 1 aromatic carbocycles. The third kappa shape index (κ3) is 3.78. The number of ether oxygens (including phenoxy) is 1. The maximum atomic E-state index is 13.0. The molecule has 1 fully saturated rings. The fourth-order valence-electron chi connectivity index (χ4n) is 2.84. The SMILES string of the molecule is CC1CN(C(C)(CN)Cc2ccc(F)cc2)CCCO1. The van der Waals surface area contributed by atoms with Crippen LogP contribution in [0.25, 0.3) is 0 Å². The van der Waals surface area contributed by atoms with Gasteiger partial charge in [0.15, 0.2) is 0 Å². The minimum absolute atomic E-state index is 0.111. The normalized spacial score (nSPS) is 24.1. The van der Waals surface area contributed by atoms with Crippen molar-refractivity contribution in [2.45, 2.75) is 38.3 Å². The number of benzene rings is 1. The zero-order valence-electron chi connectivity index (χ0n) is 12.4. The Bertz CT molecular complexity index is 423. The van der Waals surface area contributed by atoms with Crippen molar-refractivity contribution in [3.8, 4) is 0 Å². The summed E-state index contributed by atoms with van der Waals surface area (Å²) in [5.74, 6) is -0.194. The molecular formula is C16H25FN2O. The van der Waals surface area contributed by atoms with E-state index in [9.17, 15) is 4.39 Å². The van der Waals surface area contributed by atoms with Gasteiger partial charge in [0.25, 0.3) is 0 Å². The highest BCUT2D eigenvalue weighted by atomic mass is 19.1. The molecule has 0 aliphatic carbocycles. The Labute approximate surface area is 120 Å². The van der Waals surface area contributed by atoms with E-state index in [1.54, 1.807) is 0 Å². The zero-order chi connectivity index (χ0) is 14.6. The van der Waals surface area contributed by atoms with Crippen molar-refractivity contribution in [1.82, 2.24) is 4.90 Å². The highest BCUT2D eigenvalue weighted by molar-refractivity contribution is 5.19. The van der Waals surface area contributed by atoms with E-state index in [1.165, 1.54) is 12.1 Å². The molecule has 0 spiro atoms. The third-order valence-corrected chi connectivity index (χ3v) is 4.15. The monoisotopic (exact) mass is 280 g/mol. The van der Waals surface area contributed by atoms with E-state index in [0.29, 0.717) is 6.54 Å². The van der Waals surface area contributed by atoms with Crippen molar-refractivity contribution < 1.29 is 9.13 Å². The molecule has 0 aromatic heterocycles. The minimum Gasteiger partial charge on any atom is -0.377 e. The van der Waals surface area contributed by atoms with Crippen LogP contribution >= 0.6 is 0 Å². The molecule has 1 aliphatic heterocycles. The lowest BCUT2D eigenvalue weighted by Gasteiger charge is -2.41. The Morgan fingerprint density at radius 1 is 1.40 bits per heavy atom. The lowest BCUT2D eigenvalue weighted by atomic mass is 9.90. The Morgan fingerprint density at radius 2 is 2.10 bits per heavy atom. The van der Waals surface area contributed by atoms with Gasteiger partial charge in [-0.15, -0.1) is 0 Å². The van der Waals surface area contributed by atoms with Gasteiger partial charge in [-0.05, 0) is 44.4 Å². The number of nitrogens with two attached hydrogens (primary N) is 1. The Morgan fingerprint density at radius 3 is 2.75 bits per heavy atom. The maximum absolute atomic E-state index is 13.0. The summed E-state index contributed by atoms with van der Waals surface area (Å²) in [5.41, 5.74) is 7.07. The van der Waals surface area contributed by atoms with Gasteiger partial charge in [0.05, 0.1) is 6.10 Å². The molecule has 1 heterocycles. The van der Waals surface area contributed by atoms with E-state index in [-0.39, 0.29) is 17.5 Å². The second kappa shape index (κ2) is 6.66. The van der Waals surface area contributed by atoms with Gasteiger partial charge >= 0.3 is 0 Å². The quantitative estimate of drug-likeness (QED) is 0.919. The fourth-order valence-corrected chi connectivity index (χ4v) is 2.84. The lowest BCUT2D eigenvalue weighted by Crippen LogP contribution is -2.54. The molecule has 0 bridgehead atoms. The van der Waals surface area contributed by atoms with Crippen LogP contribution < -0.4 is 5.73 Å². The van der Waals surface area contributed by atoms with E-state index in [0.717, 1.165) is 38.1 Å². The predicted octanol–water partition coefficient (Wildman–Crippen LogP) is 2.20. The molecule has 0 radical (unpaired) electrons. The van der Waals surface area contributed by atoms with Gasteiger partial charge in [0.2, 0.25) is 0 Å². The summed E-state index contributed by atoms with van der Waals surface area (Å²) in [6.07, 6.45) is 2.09. The maximum Gasteiger partial charge on any atom is 0.123 e. The molecule has 3 nitrogen and oxygen atoms in total. The molecular weight excluding hydrogens is 255 g/mol. The number of halogens is 1. The van der Waals surface area contributed by atoms with Gasteiger partial charge in [-0.1, -0.05) is 12.1 Å². The summed E-state index contributed by atoms with van der Waals surface area (Å²) in [4.78, 5) is 2.42. The van der Waals surface area contributed by atoms with Crippen LogP contribution in [0.1, 0.15) is 25.8 Å². The van der Waals surface area contributed by atoms with Crippen LogP contribution in [0, 0.1) is 5.82 Å². The van der Waals surface area contributed by atoms with Crippen LogP contribution in [-0.2, 0) is 11.2 Å². The van der Waals surface area contributed by atoms with E-state index >= 15 is 0 Å². The molecule has 0 saturated carbocycles. The Balaban J connectivity index is 2.12. The first-order valence-electron chi connectivity index (χ1n) is 7.35. The van der Waals surface area contributed by atoms with Gasteiger partial charge in [0, 0.05) is 31.8 Å². The van der Waals surface area contributed by atoms with E-state index < -0.39 is 0 Å². The summed E-state index contributed by atoms with van der Waals surface area (Å²) in [5, 5.41) is 0. The molecule has 1 aliphatic rings. The summed E-state index contributed by atoms with van der Waals surface area (Å²) >= 11 is 0. The van der Waals surface area contributed by atoms with Crippen LogP contribution in [0.15, 0.2) is 24.3 Å². The van der Waals surface area contributed by atoms with Crippen LogP contribution in [0.3, 0.4) is 0 Å². The zero-order valence-corrected chi connectivity index (χ0v) is 12.4. The summed E-state index contributed by atoms with van der Waals surface area (Å²) in [6, 6.07) is 6.73. The van der Waals surface area contributed by atoms with Crippen molar-refractivity contribution >= 4 is 0 Å². The first-order valence-corrected chi connectivity index (χ1v) is 7.35. The first-order chi connectivity index (χ1) is 9.53. The van der Waals surface area contributed by atoms with Gasteiger partial charge in [-0.2, -0.15) is 0 Å². The first kappa shape index (κ1) is 15.4. The molecule has 112 valence electrons. The highest BCUT2D eigenvalue weighted by Gasteiger charge is 2.32.